The number of allylic oxidation sites excluding steroid dienone is 1. The van der Waals surface area contributed by atoms with Crippen molar-refractivity contribution in [2.75, 3.05) is 13.1 Å². The Morgan fingerprint density at radius 3 is 1.72 bits per heavy atom. The summed E-state index contributed by atoms with van der Waals surface area (Å²) in [7, 11) is 0. The van der Waals surface area contributed by atoms with Gasteiger partial charge in [0.1, 0.15) is 0 Å². The summed E-state index contributed by atoms with van der Waals surface area (Å²) in [6.45, 7) is 6.34. The molecule has 7 N–H and O–H groups in total. The van der Waals surface area contributed by atoms with Crippen LogP contribution in [-0.4, -0.2) is 31.0 Å². The molecule has 174 valence electrons. The predicted molar refractivity (Wildman–Crippen MR) is 121 cm³/mol. The Morgan fingerprint density at radius 2 is 1.38 bits per heavy atom. The molecule has 0 saturated carbocycles. The second kappa shape index (κ2) is 18.1. The summed E-state index contributed by atoms with van der Waals surface area (Å²) in [6, 6.07) is 16.1. The van der Waals surface area contributed by atoms with Gasteiger partial charge in [0, 0.05) is 0 Å². The van der Waals surface area contributed by atoms with Gasteiger partial charge in [-0.3, -0.25) is 16.5 Å². The maximum atomic E-state index is 10.1. The first-order valence-electron chi connectivity index (χ1n) is 10.4. The van der Waals surface area contributed by atoms with Gasteiger partial charge in [0.2, 0.25) is 0 Å². The number of benzene rings is 2. The Bertz CT molecular complexity index is 769. The average Bonchev–Trinajstić information content (AvgIpc) is 2.77. The van der Waals surface area contributed by atoms with Crippen LogP contribution in [0.4, 0.5) is 0 Å². The Balaban J connectivity index is 0.000000466. The topological polar surface area (TPSA) is 163 Å². The van der Waals surface area contributed by atoms with E-state index in [0.717, 1.165) is 19.5 Å². The fourth-order valence-corrected chi connectivity index (χ4v) is 2.17. The lowest BCUT2D eigenvalue weighted by Crippen LogP contribution is -2.79. The van der Waals surface area contributed by atoms with E-state index in [-0.39, 0.29) is 11.1 Å². The molecule has 0 saturated heterocycles. The standard InChI is InChI=1S/C10H22N4.2C7H6O2/c1-9(2)5-8-13-6-3-4-7-14-10(11)12;2*8-7(9)6-4-2-1-3-5-6/h5,8-9,13H,3-4,6-7H2,1-2H3,(H4,11,12,14);2*1-5H,(H,8,9). The van der Waals surface area contributed by atoms with Crippen LogP contribution in [0.2, 0.25) is 0 Å². The van der Waals surface area contributed by atoms with Crippen molar-refractivity contribution < 1.29 is 30.1 Å². The van der Waals surface area contributed by atoms with Gasteiger partial charge >= 0.3 is 5.96 Å². The fourth-order valence-electron chi connectivity index (χ4n) is 2.17. The minimum Gasteiger partial charge on any atom is -0.545 e. The van der Waals surface area contributed by atoms with Crippen molar-refractivity contribution in [3.8, 4) is 0 Å². The molecule has 0 aliphatic carbocycles. The molecule has 0 aliphatic rings. The van der Waals surface area contributed by atoms with E-state index < -0.39 is 11.9 Å². The Labute approximate surface area is 189 Å². The van der Waals surface area contributed by atoms with Crippen molar-refractivity contribution in [3.05, 3.63) is 84.1 Å². The second-order valence-electron chi connectivity index (χ2n) is 7.05. The van der Waals surface area contributed by atoms with Crippen LogP contribution >= 0.6 is 0 Å². The van der Waals surface area contributed by atoms with Gasteiger partial charge in [-0.1, -0.05) is 74.5 Å². The highest BCUT2D eigenvalue weighted by Gasteiger charge is 1.91. The Morgan fingerprint density at radius 1 is 0.906 bits per heavy atom. The summed E-state index contributed by atoms with van der Waals surface area (Å²) in [5, 5.41) is 22.4. The number of hydrogen-bond acceptors (Lipinski definition) is 4. The van der Waals surface area contributed by atoms with E-state index in [2.05, 4.69) is 36.4 Å². The lowest BCUT2D eigenvalue weighted by Gasteiger charge is -1.97. The summed E-state index contributed by atoms with van der Waals surface area (Å²) in [4.78, 5) is 23.1. The molecule has 0 atom stereocenters. The number of hydrogen-bond donors (Lipinski definition) is 4. The first kappa shape index (κ1) is 28.4. The summed E-state index contributed by atoms with van der Waals surface area (Å²) < 4.78 is 0. The normalized spacial score (nSPS) is 9.84. The van der Waals surface area contributed by atoms with Crippen LogP contribution < -0.4 is 32.0 Å². The zero-order valence-corrected chi connectivity index (χ0v) is 18.7. The van der Waals surface area contributed by atoms with Crippen molar-refractivity contribution in [2.24, 2.45) is 17.4 Å². The Hall–Kier alpha value is -3.65. The highest BCUT2D eigenvalue weighted by molar-refractivity contribution is 5.85. The molecule has 0 radical (unpaired) electrons. The third kappa shape index (κ3) is 17.2. The van der Waals surface area contributed by atoms with Crippen LogP contribution in [0.3, 0.4) is 0 Å². The first-order chi connectivity index (χ1) is 15.2. The van der Waals surface area contributed by atoms with Gasteiger partial charge in [-0.25, -0.2) is 0 Å². The van der Waals surface area contributed by atoms with Gasteiger partial charge in [-0.2, -0.15) is 0 Å². The SMILES string of the molecule is CC(C)C=C[NH2+]CCCC[NH+]=C(N)N.O=C([O-])c1ccccc1.O=C([O-])c1ccccc1. The lowest BCUT2D eigenvalue weighted by molar-refractivity contribution is -0.589. The number of carbonyl (C=O) groups excluding carboxylic acids is 2. The minimum absolute atomic E-state index is 0.220. The number of nitrogens with two attached hydrogens (primary N) is 3. The molecule has 2 aromatic rings. The van der Waals surface area contributed by atoms with Gasteiger partial charge in [-0.15, -0.1) is 0 Å². The Kier molecular flexibility index (Phi) is 16.1. The zero-order valence-electron chi connectivity index (χ0n) is 18.7. The van der Waals surface area contributed by atoms with E-state index in [1.54, 1.807) is 36.4 Å². The molecule has 0 fully saturated rings. The summed E-state index contributed by atoms with van der Waals surface area (Å²) >= 11 is 0. The smallest absolute Gasteiger partial charge is 0.338 e. The average molecular weight is 443 g/mol. The van der Waals surface area contributed by atoms with Crippen LogP contribution in [0.5, 0.6) is 0 Å². The molecular formula is C24H34N4O4. The number of carboxylic acid groups (broad SMARTS) is 2. The third-order valence-corrected chi connectivity index (χ3v) is 3.78. The number of guanidine groups is 1. The summed E-state index contributed by atoms with van der Waals surface area (Å²) in [5.74, 6) is -1.31. The van der Waals surface area contributed by atoms with Gasteiger partial charge in [-0.05, 0) is 36.0 Å². The minimum atomic E-state index is -1.13. The molecule has 0 heterocycles. The summed E-state index contributed by atoms with van der Waals surface area (Å²) in [5.41, 5.74) is 10.9. The van der Waals surface area contributed by atoms with Crippen molar-refractivity contribution >= 4 is 17.9 Å². The fraction of sp³-hybridized carbons (Fsp3) is 0.292. The zero-order chi connectivity index (χ0) is 24.2. The van der Waals surface area contributed by atoms with Crippen molar-refractivity contribution in [3.63, 3.8) is 0 Å². The van der Waals surface area contributed by atoms with E-state index >= 15 is 0 Å². The molecule has 0 aliphatic heterocycles. The third-order valence-electron chi connectivity index (χ3n) is 3.78. The number of unbranched alkanes of at least 4 members (excludes halogenated alkanes) is 1. The quantitative estimate of drug-likeness (QED) is 0.198. The number of rotatable bonds is 9. The molecule has 2 rings (SSSR count). The molecule has 0 unspecified atom stereocenters. The van der Waals surface area contributed by atoms with Gasteiger partial charge in [0.25, 0.3) is 0 Å². The number of quaternary nitrogens is 1. The number of carboxylic acids is 2. The van der Waals surface area contributed by atoms with Crippen LogP contribution in [0, 0.1) is 5.92 Å². The van der Waals surface area contributed by atoms with Crippen LogP contribution in [-0.2, 0) is 0 Å². The van der Waals surface area contributed by atoms with E-state index in [9.17, 15) is 19.8 Å². The van der Waals surface area contributed by atoms with Crippen LogP contribution in [0.15, 0.2) is 72.9 Å². The first-order valence-corrected chi connectivity index (χ1v) is 10.4. The van der Waals surface area contributed by atoms with Crippen molar-refractivity contribution in [1.29, 1.82) is 0 Å². The van der Waals surface area contributed by atoms with Crippen LogP contribution in [0.1, 0.15) is 47.4 Å². The molecule has 32 heavy (non-hydrogen) atoms. The maximum Gasteiger partial charge on any atom is 0.338 e. The molecule has 8 heteroatoms. The molecule has 8 nitrogen and oxygen atoms in total. The number of nitrogens with one attached hydrogen (secondary N) is 1. The van der Waals surface area contributed by atoms with Crippen molar-refractivity contribution in [1.82, 2.24) is 0 Å². The molecular weight excluding hydrogens is 408 g/mol. The number of carbonyl (C=O) groups is 2. The molecule has 0 amide bonds. The molecule has 0 aromatic heterocycles. The van der Waals surface area contributed by atoms with Crippen molar-refractivity contribution in [2.45, 2.75) is 26.7 Å². The highest BCUT2D eigenvalue weighted by atomic mass is 16.4. The predicted octanol–water partition coefficient (Wildman–Crippen LogP) is -2.05. The lowest BCUT2D eigenvalue weighted by atomic mass is 10.2. The second-order valence-corrected chi connectivity index (χ2v) is 7.05. The molecule has 0 spiro atoms. The largest absolute Gasteiger partial charge is 0.545 e. The van der Waals surface area contributed by atoms with E-state index in [0.29, 0.717) is 11.9 Å². The van der Waals surface area contributed by atoms with Crippen LogP contribution in [0.25, 0.3) is 0 Å². The summed E-state index contributed by atoms with van der Waals surface area (Å²) in [6.07, 6.45) is 6.61. The monoisotopic (exact) mass is 442 g/mol. The molecule has 2 aromatic carbocycles. The van der Waals surface area contributed by atoms with Gasteiger partial charge in [0.05, 0.1) is 31.2 Å². The van der Waals surface area contributed by atoms with Gasteiger partial charge in [0.15, 0.2) is 0 Å². The van der Waals surface area contributed by atoms with Gasteiger partial charge < -0.3 is 25.1 Å². The van der Waals surface area contributed by atoms with E-state index in [4.69, 9.17) is 11.5 Å². The highest BCUT2D eigenvalue weighted by Crippen LogP contribution is 1.95. The van der Waals surface area contributed by atoms with E-state index in [1.807, 2.05) is 0 Å². The molecule has 0 bridgehead atoms. The van der Waals surface area contributed by atoms with E-state index in [1.165, 1.54) is 30.7 Å². The number of aromatic carboxylic acids is 2. The maximum absolute atomic E-state index is 10.1.